The van der Waals surface area contributed by atoms with E-state index in [2.05, 4.69) is 48.3 Å². The molecule has 2 heterocycles. The molecular weight excluding hydrogens is 260 g/mol. The molecule has 0 amide bonds. The molecule has 0 radical (unpaired) electrons. The van der Waals surface area contributed by atoms with E-state index >= 15 is 0 Å². The second-order valence-electron chi connectivity index (χ2n) is 5.48. The first kappa shape index (κ1) is 13.7. The van der Waals surface area contributed by atoms with Gasteiger partial charge in [0.05, 0.1) is 10.7 Å². The molecular formula is C14H20N2S2. The fourth-order valence-corrected chi connectivity index (χ4v) is 3.57. The van der Waals surface area contributed by atoms with Gasteiger partial charge in [0, 0.05) is 23.3 Å². The number of hydrogen-bond acceptors (Lipinski definition) is 4. The number of hydrogen-bond donors (Lipinski definition) is 1. The highest BCUT2D eigenvalue weighted by molar-refractivity contribution is 7.09. The molecule has 0 bridgehead atoms. The molecule has 2 aromatic heterocycles. The van der Waals surface area contributed by atoms with Gasteiger partial charge >= 0.3 is 0 Å². The highest BCUT2D eigenvalue weighted by atomic mass is 32.1. The fraction of sp³-hybridized carbons (Fsp3) is 0.500. The predicted octanol–water partition coefficient (Wildman–Crippen LogP) is 4.01. The minimum Gasteiger partial charge on any atom is -0.313 e. The average Bonchev–Trinajstić information content (AvgIpc) is 2.95. The van der Waals surface area contributed by atoms with Crippen LogP contribution in [0.2, 0.25) is 0 Å². The first-order chi connectivity index (χ1) is 8.50. The monoisotopic (exact) mass is 280 g/mol. The summed E-state index contributed by atoms with van der Waals surface area (Å²) in [6.07, 6.45) is 0.966. The maximum atomic E-state index is 4.76. The lowest BCUT2D eigenvalue weighted by Gasteiger charge is -2.15. The fourth-order valence-electron chi connectivity index (χ4n) is 1.78. The van der Waals surface area contributed by atoms with E-state index in [0.29, 0.717) is 6.04 Å². The SMILES string of the molecule is CNC(Cc1nc(C(C)(C)C)cs1)c1ccsc1. The Bertz CT molecular complexity index is 480. The van der Waals surface area contributed by atoms with Crippen molar-refractivity contribution in [2.24, 2.45) is 0 Å². The van der Waals surface area contributed by atoms with Gasteiger partial charge in [0.25, 0.3) is 0 Å². The van der Waals surface area contributed by atoms with Gasteiger partial charge < -0.3 is 5.32 Å². The summed E-state index contributed by atoms with van der Waals surface area (Å²) in [5.41, 5.74) is 2.70. The number of aromatic nitrogens is 1. The molecule has 0 aliphatic carbocycles. The molecule has 2 nitrogen and oxygen atoms in total. The lowest BCUT2D eigenvalue weighted by molar-refractivity contribution is 0.560. The van der Waals surface area contributed by atoms with Crippen LogP contribution in [0, 0.1) is 0 Å². The summed E-state index contributed by atoms with van der Waals surface area (Å²) < 4.78 is 0. The van der Waals surface area contributed by atoms with Crippen molar-refractivity contribution < 1.29 is 0 Å². The van der Waals surface area contributed by atoms with Gasteiger partial charge in [0.1, 0.15) is 0 Å². The van der Waals surface area contributed by atoms with E-state index in [4.69, 9.17) is 4.98 Å². The third kappa shape index (κ3) is 3.19. The summed E-state index contributed by atoms with van der Waals surface area (Å²) >= 11 is 3.52. The van der Waals surface area contributed by atoms with Gasteiger partial charge in [-0.15, -0.1) is 11.3 Å². The molecule has 0 saturated heterocycles. The second-order valence-corrected chi connectivity index (χ2v) is 7.20. The highest BCUT2D eigenvalue weighted by Crippen LogP contribution is 2.27. The van der Waals surface area contributed by atoms with Crippen LogP contribution in [0.5, 0.6) is 0 Å². The topological polar surface area (TPSA) is 24.9 Å². The van der Waals surface area contributed by atoms with Gasteiger partial charge in [-0.25, -0.2) is 4.98 Å². The summed E-state index contributed by atoms with van der Waals surface area (Å²) in [7, 11) is 2.01. The van der Waals surface area contributed by atoms with Crippen molar-refractivity contribution >= 4 is 22.7 Å². The summed E-state index contributed by atoms with van der Waals surface area (Å²) in [4.78, 5) is 4.76. The minimum absolute atomic E-state index is 0.145. The Hall–Kier alpha value is -0.710. The zero-order chi connectivity index (χ0) is 13.2. The van der Waals surface area contributed by atoms with E-state index < -0.39 is 0 Å². The molecule has 0 spiro atoms. The van der Waals surface area contributed by atoms with Crippen molar-refractivity contribution in [2.75, 3.05) is 7.05 Å². The summed E-state index contributed by atoms with van der Waals surface area (Å²) in [5, 5.41) is 11.1. The van der Waals surface area contributed by atoms with E-state index in [9.17, 15) is 0 Å². The van der Waals surface area contributed by atoms with Gasteiger partial charge in [0.15, 0.2) is 0 Å². The lowest BCUT2D eigenvalue weighted by Crippen LogP contribution is -2.18. The van der Waals surface area contributed by atoms with Gasteiger partial charge in [-0.1, -0.05) is 20.8 Å². The Morgan fingerprint density at radius 3 is 2.61 bits per heavy atom. The number of thiazole rings is 1. The van der Waals surface area contributed by atoms with Crippen LogP contribution in [0.3, 0.4) is 0 Å². The minimum atomic E-state index is 0.145. The number of likely N-dealkylation sites (N-methyl/N-ethyl adjacent to an activating group) is 1. The largest absolute Gasteiger partial charge is 0.313 e. The van der Waals surface area contributed by atoms with Gasteiger partial charge in [-0.05, 0) is 29.4 Å². The maximum Gasteiger partial charge on any atom is 0.0947 e. The molecule has 0 aliphatic heterocycles. The zero-order valence-corrected chi connectivity index (χ0v) is 13.0. The van der Waals surface area contributed by atoms with E-state index in [-0.39, 0.29) is 5.41 Å². The smallest absolute Gasteiger partial charge is 0.0947 e. The van der Waals surface area contributed by atoms with Crippen molar-refractivity contribution in [1.29, 1.82) is 0 Å². The van der Waals surface area contributed by atoms with Crippen LogP contribution in [-0.2, 0) is 11.8 Å². The number of nitrogens with one attached hydrogen (secondary N) is 1. The molecule has 2 rings (SSSR count). The summed E-state index contributed by atoms with van der Waals surface area (Å²) in [5.74, 6) is 0. The standard InChI is InChI=1S/C14H20N2S2/c1-14(2,3)12-9-18-13(16-12)7-11(15-4)10-5-6-17-8-10/h5-6,8-9,11,15H,7H2,1-4H3. The van der Waals surface area contributed by atoms with Crippen LogP contribution < -0.4 is 5.32 Å². The Morgan fingerprint density at radius 1 is 1.33 bits per heavy atom. The Labute approximate surface area is 117 Å². The number of nitrogens with zero attached hydrogens (tertiary/aromatic N) is 1. The molecule has 1 unspecified atom stereocenters. The molecule has 0 aromatic carbocycles. The van der Waals surface area contributed by atoms with Gasteiger partial charge in [0.2, 0.25) is 0 Å². The van der Waals surface area contributed by atoms with Gasteiger partial charge in [-0.3, -0.25) is 0 Å². The molecule has 18 heavy (non-hydrogen) atoms. The van der Waals surface area contributed by atoms with Crippen molar-refractivity contribution in [1.82, 2.24) is 10.3 Å². The third-order valence-corrected chi connectivity index (χ3v) is 4.57. The van der Waals surface area contributed by atoms with E-state index in [1.807, 2.05) is 7.05 Å². The average molecular weight is 280 g/mol. The third-order valence-electron chi connectivity index (χ3n) is 2.99. The first-order valence-electron chi connectivity index (χ1n) is 6.15. The van der Waals surface area contributed by atoms with Crippen molar-refractivity contribution in [2.45, 2.75) is 38.6 Å². The molecule has 0 fully saturated rings. The molecule has 1 N–H and O–H groups in total. The molecule has 4 heteroatoms. The van der Waals surface area contributed by atoms with Crippen LogP contribution in [0.25, 0.3) is 0 Å². The van der Waals surface area contributed by atoms with E-state index in [1.54, 1.807) is 22.7 Å². The highest BCUT2D eigenvalue weighted by Gasteiger charge is 2.19. The van der Waals surface area contributed by atoms with Gasteiger partial charge in [-0.2, -0.15) is 11.3 Å². The Balaban J connectivity index is 2.11. The van der Waals surface area contributed by atoms with E-state index in [1.165, 1.54) is 16.3 Å². The first-order valence-corrected chi connectivity index (χ1v) is 7.97. The second kappa shape index (κ2) is 5.51. The van der Waals surface area contributed by atoms with Crippen LogP contribution in [0.4, 0.5) is 0 Å². The molecule has 0 saturated carbocycles. The molecule has 2 aromatic rings. The molecule has 0 aliphatic rings. The Kier molecular flexibility index (Phi) is 4.20. The molecule has 98 valence electrons. The number of thiophene rings is 1. The Morgan fingerprint density at radius 2 is 2.11 bits per heavy atom. The van der Waals surface area contributed by atoms with Crippen molar-refractivity contribution in [3.05, 3.63) is 38.5 Å². The van der Waals surface area contributed by atoms with Crippen molar-refractivity contribution in [3.63, 3.8) is 0 Å². The predicted molar refractivity (Wildman–Crippen MR) is 80.6 cm³/mol. The van der Waals surface area contributed by atoms with Crippen molar-refractivity contribution in [3.8, 4) is 0 Å². The van der Waals surface area contributed by atoms with Crippen LogP contribution in [-0.4, -0.2) is 12.0 Å². The van der Waals surface area contributed by atoms with Crippen LogP contribution in [0.1, 0.15) is 43.1 Å². The van der Waals surface area contributed by atoms with Crippen LogP contribution in [0.15, 0.2) is 22.2 Å². The van der Waals surface area contributed by atoms with Crippen LogP contribution >= 0.6 is 22.7 Å². The summed E-state index contributed by atoms with van der Waals surface area (Å²) in [6.45, 7) is 6.63. The lowest BCUT2D eigenvalue weighted by atomic mass is 9.93. The molecule has 1 atom stereocenters. The normalized spacial score (nSPS) is 13.8. The number of rotatable bonds is 4. The maximum absolute atomic E-state index is 4.76. The quantitative estimate of drug-likeness (QED) is 0.915. The summed E-state index contributed by atoms with van der Waals surface area (Å²) in [6, 6.07) is 2.56. The zero-order valence-electron chi connectivity index (χ0n) is 11.4. The van der Waals surface area contributed by atoms with E-state index in [0.717, 1.165) is 6.42 Å².